The second-order valence-electron chi connectivity index (χ2n) is 1.96. The molecule has 0 radical (unpaired) electrons. The molecule has 0 bridgehead atoms. The average molecular weight is 150 g/mol. The molecule has 0 atom stereocenters. The zero-order valence-corrected chi connectivity index (χ0v) is 5.65. The SMILES string of the molecule is N#CCc1nccc(O)c1O. The van der Waals surface area contributed by atoms with Crippen molar-refractivity contribution < 1.29 is 10.2 Å². The molecule has 0 saturated carbocycles. The fourth-order valence-corrected chi connectivity index (χ4v) is 0.690. The van der Waals surface area contributed by atoms with E-state index in [1.165, 1.54) is 12.3 Å². The highest BCUT2D eigenvalue weighted by Gasteiger charge is 2.05. The number of hydrogen-bond acceptors (Lipinski definition) is 4. The molecule has 1 aromatic heterocycles. The molecule has 1 aromatic rings. The van der Waals surface area contributed by atoms with E-state index in [0.29, 0.717) is 0 Å². The Bertz CT molecular complexity index is 304. The Morgan fingerprint density at radius 2 is 2.27 bits per heavy atom. The highest BCUT2D eigenvalue weighted by atomic mass is 16.3. The summed E-state index contributed by atoms with van der Waals surface area (Å²) in [5.41, 5.74) is 0.201. The molecule has 0 spiro atoms. The fraction of sp³-hybridized carbons (Fsp3) is 0.143. The van der Waals surface area contributed by atoms with Gasteiger partial charge in [-0.05, 0) is 0 Å². The van der Waals surface area contributed by atoms with Gasteiger partial charge in [0.2, 0.25) is 0 Å². The third-order valence-corrected chi connectivity index (χ3v) is 1.23. The largest absolute Gasteiger partial charge is 0.504 e. The molecular formula is C7H6N2O2. The Balaban J connectivity index is 3.08. The predicted octanol–water partition coefficient (Wildman–Crippen LogP) is 0.559. The number of hydrogen-bond donors (Lipinski definition) is 2. The second kappa shape index (κ2) is 2.88. The predicted molar refractivity (Wildman–Crippen MR) is 36.9 cm³/mol. The minimum atomic E-state index is -0.311. The van der Waals surface area contributed by atoms with Crippen LogP contribution < -0.4 is 0 Å². The van der Waals surface area contributed by atoms with Crippen LogP contribution in [0.25, 0.3) is 0 Å². The molecule has 0 unspecified atom stereocenters. The van der Waals surface area contributed by atoms with Crippen molar-refractivity contribution in [2.75, 3.05) is 0 Å². The topological polar surface area (TPSA) is 77.1 Å². The van der Waals surface area contributed by atoms with E-state index in [9.17, 15) is 0 Å². The van der Waals surface area contributed by atoms with Gasteiger partial charge in [0.15, 0.2) is 11.5 Å². The molecule has 0 amide bonds. The summed E-state index contributed by atoms with van der Waals surface area (Å²) in [7, 11) is 0. The van der Waals surface area contributed by atoms with Gasteiger partial charge in [-0.25, -0.2) is 0 Å². The molecule has 0 aliphatic rings. The van der Waals surface area contributed by atoms with Gasteiger partial charge in [0.1, 0.15) is 0 Å². The van der Waals surface area contributed by atoms with Crippen LogP contribution in [0.4, 0.5) is 0 Å². The summed E-state index contributed by atoms with van der Waals surface area (Å²) < 4.78 is 0. The Morgan fingerprint density at radius 3 is 2.91 bits per heavy atom. The van der Waals surface area contributed by atoms with Crippen LogP contribution >= 0.6 is 0 Å². The van der Waals surface area contributed by atoms with Gasteiger partial charge in [-0.1, -0.05) is 0 Å². The number of nitriles is 1. The lowest BCUT2D eigenvalue weighted by Crippen LogP contribution is -1.87. The van der Waals surface area contributed by atoms with Gasteiger partial charge in [0.25, 0.3) is 0 Å². The molecule has 2 N–H and O–H groups in total. The summed E-state index contributed by atoms with van der Waals surface area (Å²) in [6.07, 6.45) is 1.34. The maximum atomic E-state index is 9.07. The molecule has 11 heavy (non-hydrogen) atoms. The first-order valence-corrected chi connectivity index (χ1v) is 2.98. The molecule has 4 heteroatoms. The zero-order valence-electron chi connectivity index (χ0n) is 5.65. The van der Waals surface area contributed by atoms with E-state index < -0.39 is 0 Å². The lowest BCUT2D eigenvalue weighted by Gasteiger charge is -1.99. The maximum absolute atomic E-state index is 9.07. The molecule has 56 valence electrons. The monoisotopic (exact) mass is 150 g/mol. The smallest absolute Gasteiger partial charge is 0.180 e. The Hall–Kier alpha value is -1.76. The normalized spacial score (nSPS) is 9.00. The zero-order chi connectivity index (χ0) is 8.27. The first kappa shape index (κ1) is 7.35. The van der Waals surface area contributed by atoms with Crippen molar-refractivity contribution >= 4 is 0 Å². The van der Waals surface area contributed by atoms with Crippen molar-refractivity contribution in [3.05, 3.63) is 18.0 Å². The van der Waals surface area contributed by atoms with Gasteiger partial charge < -0.3 is 10.2 Å². The van der Waals surface area contributed by atoms with Crippen molar-refractivity contribution in [1.29, 1.82) is 5.26 Å². The summed E-state index contributed by atoms with van der Waals surface area (Å²) >= 11 is 0. The minimum Gasteiger partial charge on any atom is -0.504 e. The maximum Gasteiger partial charge on any atom is 0.180 e. The lowest BCUT2D eigenvalue weighted by molar-refractivity contribution is 0.397. The number of aromatic hydroxyl groups is 2. The van der Waals surface area contributed by atoms with E-state index in [1.807, 2.05) is 6.07 Å². The van der Waals surface area contributed by atoms with Gasteiger partial charge >= 0.3 is 0 Å². The second-order valence-corrected chi connectivity index (χ2v) is 1.96. The standard InChI is InChI=1S/C7H6N2O2/c8-3-1-5-7(11)6(10)2-4-9-5/h2,4,11H,1H2,(H,9,10). The van der Waals surface area contributed by atoms with Crippen molar-refractivity contribution in [2.24, 2.45) is 0 Å². The van der Waals surface area contributed by atoms with Crippen LogP contribution in [0.3, 0.4) is 0 Å². The summed E-state index contributed by atoms with van der Waals surface area (Å²) in [5, 5.41) is 26.2. The van der Waals surface area contributed by atoms with Crippen molar-refractivity contribution in [3.63, 3.8) is 0 Å². The van der Waals surface area contributed by atoms with E-state index in [4.69, 9.17) is 15.5 Å². The first-order chi connectivity index (χ1) is 5.25. The van der Waals surface area contributed by atoms with Gasteiger partial charge in [0.05, 0.1) is 18.2 Å². The summed E-state index contributed by atoms with van der Waals surface area (Å²) in [5.74, 6) is -0.556. The van der Waals surface area contributed by atoms with Crippen LogP contribution in [0.15, 0.2) is 12.3 Å². The van der Waals surface area contributed by atoms with E-state index >= 15 is 0 Å². The molecular weight excluding hydrogens is 144 g/mol. The molecule has 0 aromatic carbocycles. The van der Waals surface area contributed by atoms with Crippen LogP contribution in [-0.4, -0.2) is 15.2 Å². The van der Waals surface area contributed by atoms with Gasteiger partial charge in [-0.15, -0.1) is 0 Å². The molecule has 0 saturated heterocycles. The van der Waals surface area contributed by atoms with Crippen LogP contribution in [0.5, 0.6) is 11.5 Å². The minimum absolute atomic E-state index is 0.000231. The van der Waals surface area contributed by atoms with Gasteiger partial charge in [0, 0.05) is 12.3 Å². The van der Waals surface area contributed by atoms with Gasteiger partial charge in [-0.2, -0.15) is 5.26 Å². The van der Waals surface area contributed by atoms with Crippen LogP contribution in [-0.2, 0) is 6.42 Å². The fourth-order valence-electron chi connectivity index (χ4n) is 0.690. The highest BCUT2D eigenvalue weighted by molar-refractivity contribution is 5.40. The number of aromatic nitrogens is 1. The van der Waals surface area contributed by atoms with Crippen LogP contribution in [0, 0.1) is 11.3 Å². The average Bonchev–Trinajstić information content (AvgIpc) is 1.99. The molecule has 1 heterocycles. The van der Waals surface area contributed by atoms with E-state index in [1.54, 1.807) is 0 Å². The summed E-state index contributed by atoms with van der Waals surface area (Å²) in [4.78, 5) is 3.70. The molecule has 4 nitrogen and oxygen atoms in total. The van der Waals surface area contributed by atoms with Crippen molar-refractivity contribution in [3.8, 4) is 17.6 Å². The number of rotatable bonds is 1. The molecule has 0 fully saturated rings. The summed E-state index contributed by atoms with van der Waals surface area (Å²) in [6.45, 7) is 0. The molecule has 0 aliphatic heterocycles. The Labute approximate surface area is 63.4 Å². The third kappa shape index (κ3) is 1.38. The van der Waals surface area contributed by atoms with Crippen LogP contribution in [0.1, 0.15) is 5.69 Å². The number of nitrogens with zero attached hydrogens (tertiary/aromatic N) is 2. The molecule has 0 aliphatic carbocycles. The Morgan fingerprint density at radius 1 is 1.55 bits per heavy atom. The van der Waals surface area contributed by atoms with E-state index in [0.717, 1.165) is 0 Å². The third-order valence-electron chi connectivity index (χ3n) is 1.23. The van der Waals surface area contributed by atoms with Gasteiger partial charge in [-0.3, -0.25) is 4.98 Å². The quantitative estimate of drug-likeness (QED) is 0.613. The summed E-state index contributed by atoms with van der Waals surface area (Å²) in [6, 6.07) is 3.08. The Kier molecular flexibility index (Phi) is 1.93. The van der Waals surface area contributed by atoms with Crippen molar-refractivity contribution in [2.45, 2.75) is 6.42 Å². The molecule has 1 rings (SSSR count). The van der Waals surface area contributed by atoms with Crippen molar-refractivity contribution in [1.82, 2.24) is 4.98 Å². The van der Waals surface area contributed by atoms with E-state index in [2.05, 4.69) is 4.98 Å². The van der Waals surface area contributed by atoms with E-state index in [-0.39, 0.29) is 23.6 Å². The lowest BCUT2D eigenvalue weighted by atomic mass is 10.2. The highest BCUT2D eigenvalue weighted by Crippen LogP contribution is 2.25. The number of pyridine rings is 1. The first-order valence-electron chi connectivity index (χ1n) is 2.98. The van der Waals surface area contributed by atoms with Crippen LogP contribution in [0.2, 0.25) is 0 Å².